The van der Waals surface area contributed by atoms with Gasteiger partial charge in [0.05, 0.1) is 7.11 Å². The van der Waals surface area contributed by atoms with Crippen LogP contribution in [0.2, 0.25) is 0 Å². The van der Waals surface area contributed by atoms with E-state index in [0.29, 0.717) is 5.56 Å². The van der Waals surface area contributed by atoms with E-state index >= 15 is 0 Å². The van der Waals surface area contributed by atoms with E-state index in [2.05, 4.69) is 4.74 Å². The smallest absolute Gasteiger partial charge is 0.348 e. The zero-order valence-electron chi connectivity index (χ0n) is 9.54. The second-order valence-corrected chi connectivity index (χ2v) is 4.56. The molecule has 0 aliphatic rings. The average Bonchev–Trinajstić information content (AvgIpc) is 2.80. The van der Waals surface area contributed by atoms with Gasteiger partial charge in [0, 0.05) is 11.6 Å². The number of carbonyl (C=O) groups excluding carboxylic acids is 2. The van der Waals surface area contributed by atoms with Crippen molar-refractivity contribution in [2.75, 3.05) is 7.11 Å². The first-order valence-corrected chi connectivity index (χ1v) is 5.96. The van der Waals surface area contributed by atoms with Crippen molar-refractivity contribution in [3.8, 4) is 5.75 Å². The maximum Gasteiger partial charge on any atom is 0.348 e. The van der Waals surface area contributed by atoms with Crippen molar-refractivity contribution in [3.05, 3.63) is 51.7 Å². The van der Waals surface area contributed by atoms with Crippen molar-refractivity contribution in [2.24, 2.45) is 0 Å². The Morgan fingerprint density at radius 2 is 1.89 bits per heavy atom. The van der Waals surface area contributed by atoms with Gasteiger partial charge < -0.3 is 9.84 Å². The van der Waals surface area contributed by atoms with Gasteiger partial charge >= 0.3 is 5.97 Å². The molecule has 5 heteroatoms. The van der Waals surface area contributed by atoms with Gasteiger partial charge in [0.2, 0.25) is 5.78 Å². The molecule has 1 aromatic carbocycles. The predicted octanol–water partition coefficient (Wildman–Crippen LogP) is 2.47. The standard InChI is InChI=1S/C13H10O4S/c1-17-13(16)10-7-9(14)12(18-10)11(15)8-5-3-2-4-6-8/h2-7,14H,1H3. The fraction of sp³-hybridized carbons (Fsp3) is 0.0769. The second-order valence-electron chi connectivity index (χ2n) is 3.51. The summed E-state index contributed by atoms with van der Waals surface area (Å²) < 4.78 is 4.54. The molecule has 0 saturated heterocycles. The number of rotatable bonds is 3. The monoisotopic (exact) mass is 262 g/mol. The van der Waals surface area contributed by atoms with E-state index in [1.165, 1.54) is 13.2 Å². The van der Waals surface area contributed by atoms with Crippen LogP contribution < -0.4 is 0 Å². The third-order valence-electron chi connectivity index (χ3n) is 2.34. The van der Waals surface area contributed by atoms with E-state index in [0.717, 1.165) is 11.3 Å². The van der Waals surface area contributed by atoms with Crippen molar-refractivity contribution < 1.29 is 19.4 Å². The van der Waals surface area contributed by atoms with Gasteiger partial charge in [-0.3, -0.25) is 4.79 Å². The van der Waals surface area contributed by atoms with Crippen LogP contribution in [-0.4, -0.2) is 24.0 Å². The predicted molar refractivity (Wildman–Crippen MR) is 67.2 cm³/mol. The number of ether oxygens (including phenoxy) is 1. The van der Waals surface area contributed by atoms with Crippen LogP contribution in [0.25, 0.3) is 0 Å². The lowest BCUT2D eigenvalue weighted by Gasteiger charge is -1.97. The molecule has 0 atom stereocenters. The maximum absolute atomic E-state index is 12.1. The van der Waals surface area contributed by atoms with E-state index < -0.39 is 5.97 Å². The molecule has 0 unspecified atom stereocenters. The molecule has 0 saturated carbocycles. The summed E-state index contributed by atoms with van der Waals surface area (Å²) in [5.41, 5.74) is 0.464. The van der Waals surface area contributed by atoms with E-state index in [9.17, 15) is 14.7 Å². The Morgan fingerprint density at radius 1 is 1.22 bits per heavy atom. The van der Waals surface area contributed by atoms with Gasteiger partial charge in [-0.25, -0.2) is 4.79 Å². The molecule has 92 valence electrons. The van der Waals surface area contributed by atoms with Gasteiger partial charge in [-0.15, -0.1) is 11.3 Å². The highest BCUT2D eigenvalue weighted by Gasteiger charge is 2.20. The first kappa shape index (κ1) is 12.3. The fourth-order valence-corrected chi connectivity index (χ4v) is 2.40. The summed E-state index contributed by atoms with van der Waals surface area (Å²) in [5, 5.41) is 9.69. The van der Waals surface area contributed by atoms with Crippen molar-refractivity contribution in [1.29, 1.82) is 0 Å². The topological polar surface area (TPSA) is 63.6 Å². The minimum Gasteiger partial charge on any atom is -0.506 e. The molecule has 0 aliphatic heterocycles. The number of ketones is 1. The third kappa shape index (κ3) is 2.26. The van der Waals surface area contributed by atoms with Gasteiger partial charge in [-0.05, 0) is 0 Å². The summed E-state index contributed by atoms with van der Waals surface area (Å²) in [6, 6.07) is 9.81. The normalized spacial score (nSPS) is 10.1. The summed E-state index contributed by atoms with van der Waals surface area (Å²) in [7, 11) is 1.25. The minimum atomic E-state index is -0.567. The molecule has 2 aromatic rings. The Morgan fingerprint density at radius 3 is 2.50 bits per heavy atom. The molecule has 0 radical (unpaired) electrons. The molecule has 0 bridgehead atoms. The molecular formula is C13H10O4S. The van der Waals surface area contributed by atoms with E-state index in [1.54, 1.807) is 30.3 Å². The zero-order chi connectivity index (χ0) is 13.1. The summed E-state index contributed by atoms with van der Waals surface area (Å²) in [6.45, 7) is 0. The SMILES string of the molecule is COC(=O)c1cc(O)c(C(=O)c2ccccc2)s1. The second kappa shape index (κ2) is 5.01. The number of aromatic hydroxyl groups is 1. The minimum absolute atomic E-state index is 0.140. The highest BCUT2D eigenvalue weighted by atomic mass is 32.1. The number of benzene rings is 1. The van der Waals surface area contributed by atoms with Gasteiger partial charge in [-0.1, -0.05) is 30.3 Å². The van der Waals surface area contributed by atoms with Gasteiger partial charge in [0.15, 0.2) is 0 Å². The lowest BCUT2D eigenvalue weighted by Crippen LogP contribution is -1.98. The number of methoxy groups -OCH3 is 1. The Bertz CT molecular complexity index is 586. The number of esters is 1. The van der Waals surface area contributed by atoms with Crippen molar-refractivity contribution >= 4 is 23.1 Å². The van der Waals surface area contributed by atoms with Gasteiger partial charge in [0.25, 0.3) is 0 Å². The molecule has 1 aromatic heterocycles. The van der Waals surface area contributed by atoms with E-state index in [1.807, 2.05) is 0 Å². The first-order valence-electron chi connectivity index (χ1n) is 5.14. The van der Waals surface area contributed by atoms with Crippen LogP contribution in [-0.2, 0) is 4.74 Å². The average molecular weight is 262 g/mol. The highest BCUT2D eigenvalue weighted by molar-refractivity contribution is 7.16. The summed E-state index contributed by atoms with van der Waals surface area (Å²) in [6.07, 6.45) is 0. The van der Waals surface area contributed by atoms with Crippen LogP contribution in [0, 0.1) is 0 Å². The lowest BCUT2D eigenvalue weighted by molar-refractivity contribution is 0.0606. The molecule has 18 heavy (non-hydrogen) atoms. The Labute approximate surface area is 107 Å². The van der Waals surface area contributed by atoms with Crippen LogP contribution in [0.15, 0.2) is 36.4 Å². The van der Waals surface area contributed by atoms with Crippen LogP contribution in [0.5, 0.6) is 5.75 Å². The molecule has 1 N–H and O–H groups in total. The van der Waals surface area contributed by atoms with Crippen molar-refractivity contribution in [3.63, 3.8) is 0 Å². The quantitative estimate of drug-likeness (QED) is 0.681. The maximum atomic E-state index is 12.1. The van der Waals surface area contributed by atoms with Crippen LogP contribution in [0.1, 0.15) is 24.9 Å². The summed E-state index contributed by atoms with van der Waals surface area (Å²) >= 11 is 0.921. The Kier molecular flexibility index (Phi) is 3.43. The number of hydrogen-bond donors (Lipinski definition) is 1. The van der Waals surface area contributed by atoms with Gasteiger partial charge in [0.1, 0.15) is 15.5 Å². The first-order chi connectivity index (χ1) is 8.63. The third-order valence-corrected chi connectivity index (χ3v) is 3.44. The molecule has 0 amide bonds. The van der Waals surface area contributed by atoms with Crippen LogP contribution >= 0.6 is 11.3 Å². The highest BCUT2D eigenvalue weighted by Crippen LogP contribution is 2.30. The molecule has 4 nitrogen and oxygen atoms in total. The van der Waals surface area contributed by atoms with E-state index in [-0.39, 0.29) is 21.3 Å². The summed E-state index contributed by atoms with van der Waals surface area (Å²) in [5.74, 6) is -1.08. The van der Waals surface area contributed by atoms with E-state index in [4.69, 9.17) is 0 Å². The Balaban J connectivity index is 2.37. The zero-order valence-corrected chi connectivity index (χ0v) is 10.4. The number of thiophene rings is 1. The largest absolute Gasteiger partial charge is 0.506 e. The molecular weight excluding hydrogens is 252 g/mol. The van der Waals surface area contributed by atoms with Crippen LogP contribution in [0.3, 0.4) is 0 Å². The van der Waals surface area contributed by atoms with Crippen LogP contribution in [0.4, 0.5) is 0 Å². The van der Waals surface area contributed by atoms with Crippen molar-refractivity contribution in [1.82, 2.24) is 0 Å². The summed E-state index contributed by atoms with van der Waals surface area (Å²) in [4.78, 5) is 23.7. The molecule has 2 rings (SSSR count). The Hall–Kier alpha value is -2.14. The number of hydrogen-bond acceptors (Lipinski definition) is 5. The molecule has 0 fully saturated rings. The van der Waals surface area contributed by atoms with Crippen molar-refractivity contribution in [2.45, 2.75) is 0 Å². The molecule has 0 aliphatic carbocycles. The fourth-order valence-electron chi connectivity index (χ4n) is 1.47. The molecule has 0 spiro atoms. The lowest BCUT2D eigenvalue weighted by atomic mass is 10.1. The number of carbonyl (C=O) groups is 2. The van der Waals surface area contributed by atoms with Gasteiger partial charge in [-0.2, -0.15) is 0 Å². The molecule has 1 heterocycles.